The summed E-state index contributed by atoms with van der Waals surface area (Å²) < 4.78 is 5.14. The summed E-state index contributed by atoms with van der Waals surface area (Å²) in [7, 11) is 1.65. The first-order chi connectivity index (χ1) is 7.42. The van der Waals surface area contributed by atoms with Gasteiger partial charge in [0, 0.05) is 9.85 Å². The summed E-state index contributed by atoms with van der Waals surface area (Å²) in [5.41, 5.74) is 1.30. The third-order valence-electron chi connectivity index (χ3n) is 3.08. The summed E-state index contributed by atoms with van der Waals surface area (Å²) in [5.74, 6) is 0.794. The first kappa shape index (κ1) is 13.9. The fourth-order valence-electron chi connectivity index (χ4n) is 1.44. The van der Waals surface area contributed by atoms with E-state index in [0.29, 0.717) is 0 Å². The van der Waals surface area contributed by atoms with Gasteiger partial charge in [-0.15, -0.1) is 0 Å². The highest BCUT2D eigenvalue weighted by atomic mass is 79.9. The lowest BCUT2D eigenvalue weighted by Crippen LogP contribution is -2.16. The monoisotopic (exact) mass is 304 g/mol. The van der Waals surface area contributed by atoms with Gasteiger partial charge in [0.2, 0.25) is 0 Å². The van der Waals surface area contributed by atoms with Crippen molar-refractivity contribution < 1.29 is 4.74 Å². The number of hydrogen-bond acceptors (Lipinski definition) is 1. The normalized spacial score (nSPS) is 13.6. The van der Waals surface area contributed by atoms with Crippen LogP contribution in [-0.2, 0) is 0 Å². The molecule has 3 heteroatoms. The van der Waals surface area contributed by atoms with Crippen LogP contribution in [0.15, 0.2) is 18.2 Å². The van der Waals surface area contributed by atoms with Crippen molar-refractivity contribution in [3.8, 4) is 5.75 Å². The van der Waals surface area contributed by atoms with Gasteiger partial charge in [-0.2, -0.15) is 0 Å². The minimum Gasteiger partial charge on any atom is -0.497 e. The summed E-state index contributed by atoms with van der Waals surface area (Å²) in [5, 5.41) is 0.753. The Balaban J connectivity index is 3.05. The summed E-state index contributed by atoms with van der Waals surface area (Å²) in [6, 6.07) is 5.83. The highest BCUT2D eigenvalue weighted by Crippen LogP contribution is 2.45. The molecule has 0 aliphatic rings. The van der Waals surface area contributed by atoms with Crippen molar-refractivity contribution in [2.24, 2.45) is 5.41 Å². The Bertz CT molecular complexity index is 363. The van der Waals surface area contributed by atoms with E-state index in [-0.39, 0.29) is 10.2 Å². The molecule has 16 heavy (non-hydrogen) atoms. The van der Waals surface area contributed by atoms with Gasteiger partial charge in [-0.25, -0.2) is 0 Å². The number of methoxy groups -OCH3 is 1. The maximum absolute atomic E-state index is 6.26. The standard InChI is InChI=1S/C13H18BrClO/c1-5-13(2,3)12(14)10-7-6-9(16-4)8-11(10)15/h6-8,12H,5H2,1-4H3. The first-order valence-electron chi connectivity index (χ1n) is 5.40. The molecule has 1 aromatic rings. The molecule has 1 rings (SSSR count). The van der Waals surface area contributed by atoms with Gasteiger partial charge < -0.3 is 4.74 Å². The third-order valence-corrected chi connectivity index (χ3v) is 5.14. The fourth-order valence-corrected chi connectivity index (χ4v) is 2.57. The molecule has 90 valence electrons. The van der Waals surface area contributed by atoms with Crippen molar-refractivity contribution in [2.45, 2.75) is 32.0 Å². The van der Waals surface area contributed by atoms with Crippen LogP contribution in [-0.4, -0.2) is 7.11 Å². The lowest BCUT2D eigenvalue weighted by Gasteiger charge is -2.30. The zero-order chi connectivity index (χ0) is 12.3. The van der Waals surface area contributed by atoms with E-state index in [1.54, 1.807) is 7.11 Å². The zero-order valence-corrected chi connectivity index (χ0v) is 12.5. The predicted molar refractivity (Wildman–Crippen MR) is 73.7 cm³/mol. The van der Waals surface area contributed by atoms with Gasteiger partial charge in [-0.05, 0) is 29.5 Å². The number of rotatable bonds is 4. The number of hydrogen-bond donors (Lipinski definition) is 0. The molecule has 0 heterocycles. The Morgan fingerprint density at radius 1 is 1.44 bits per heavy atom. The molecule has 1 aromatic carbocycles. The van der Waals surface area contributed by atoms with Crippen molar-refractivity contribution in [3.63, 3.8) is 0 Å². The first-order valence-corrected chi connectivity index (χ1v) is 6.69. The zero-order valence-electron chi connectivity index (χ0n) is 10.2. The van der Waals surface area contributed by atoms with Crippen LogP contribution in [0.2, 0.25) is 5.02 Å². The average molecular weight is 306 g/mol. The van der Waals surface area contributed by atoms with Gasteiger partial charge in [0.15, 0.2) is 0 Å². The smallest absolute Gasteiger partial charge is 0.120 e. The molecule has 0 aliphatic carbocycles. The molecule has 1 unspecified atom stereocenters. The van der Waals surface area contributed by atoms with Crippen molar-refractivity contribution in [1.82, 2.24) is 0 Å². The Morgan fingerprint density at radius 3 is 2.50 bits per heavy atom. The Labute approximate surface area is 111 Å². The second-order valence-electron chi connectivity index (χ2n) is 4.59. The van der Waals surface area contributed by atoms with Gasteiger partial charge in [-0.3, -0.25) is 0 Å². The summed E-state index contributed by atoms with van der Waals surface area (Å²) in [6.07, 6.45) is 1.09. The topological polar surface area (TPSA) is 9.23 Å². The van der Waals surface area contributed by atoms with Crippen LogP contribution >= 0.6 is 27.5 Å². The Hall–Kier alpha value is -0.210. The van der Waals surface area contributed by atoms with Gasteiger partial charge in [0.05, 0.1) is 7.11 Å². The average Bonchev–Trinajstić information content (AvgIpc) is 2.28. The molecule has 0 bridgehead atoms. The number of ether oxygens (including phenoxy) is 1. The molecule has 0 aliphatic heterocycles. The number of halogens is 2. The second kappa shape index (κ2) is 5.42. The number of benzene rings is 1. The van der Waals surface area contributed by atoms with E-state index in [1.165, 1.54) is 0 Å². The fraction of sp³-hybridized carbons (Fsp3) is 0.538. The van der Waals surface area contributed by atoms with Crippen molar-refractivity contribution in [1.29, 1.82) is 0 Å². The Kier molecular flexibility index (Phi) is 4.69. The second-order valence-corrected chi connectivity index (χ2v) is 5.92. The molecule has 1 atom stereocenters. The lowest BCUT2D eigenvalue weighted by molar-refractivity contribution is 0.345. The van der Waals surface area contributed by atoms with Crippen LogP contribution in [0.4, 0.5) is 0 Å². The summed E-state index contributed by atoms with van der Waals surface area (Å²) in [4.78, 5) is 0.253. The molecule has 0 saturated heterocycles. The molecule has 0 N–H and O–H groups in total. The van der Waals surface area contributed by atoms with E-state index in [2.05, 4.69) is 36.7 Å². The molecule has 0 saturated carbocycles. The highest BCUT2D eigenvalue weighted by molar-refractivity contribution is 9.09. The van der Waals surface area contributed by atoms with E-state index < -0.39 is 0 Å². The van der Waals surface area contributed by atoms with Gasteiger partial charge in [-0.1, -0.05) is 54.4 Å². The van der Waals surface area contributed by atoms with Crippen molar-refractivity contribution in [2.75, 3.05) is 7.11 Å². The molecular weight excluding hydrogens is 287 g/mol. The van der Waals surface area contributed by atoms with E-state index in [1.807, 2.05) is 18.2 Å². The predicted octanol–water partition coefficient (Wildman–Crippen LogP) is 5.22. The largest absolute Gasteiger partial charge is 0.497 e. The van der Waals surface area contributed by atoms with E-state index in [4.69, 9.17) is 16.3 Å². The lowest BCUT2D eigenvalue weighted by atomic mass is 9.83. The van der Waals surface area contributed by atoms with E-state index >= 15 is 0 Å². The van der Waals surface area contributed by atoms with Crippen LogP contribution in [0.25, 0.3) is 0 Å². The maximum atomic E-state index is 6.26. The molecule has 0 spiro atoms. The van der Waals surface area contributed by atoms with Gasteiger partial charge in [0.25, 0.3) is 0 Å². The molecule has 0 fully saturated rings. The van der Waals surface area contributed by atoms with Crippen molar-refractivity contribution >= 4 is 27.5 Å². The molecule has 0 radical (unpaired) electrons. The molecule has 1 nitrogen and oxygen atoms in total. The van der Waals surface area contributed by atoms with Crippen LogP contribution in [0.5, 0.6) is 5.75 Å². The Morgan fingerprint density at radius 2 is 2.06 bits per heavy atom. The SMILES string of the molecule is CCC(C)(C)C(Br)c1ccc(OC)cc1Cl. The summed E-state index contributed by atoms with van der Waals surface area (Å²) in [6.45, 7) is 6.64. The van der Waals surface area contributed by atoms with Crippen LogP contribution in [0.3, 0.4) is 0 Å². The van der Waals surface area contributed by atoms with Gasteiger partial charge in [0.1, 0.15) is 5.75 Å². The quantitative estimate of drug-likeness (QED) is 0.693. The van der Waals surface area contributed by atoms with E-state index in [9.17, 15) is 0 Å². The van der Waals surface area contributed by atoms with Crippen LogP contribution < -0.4 is 4.74 Å². The maximum Gasteiger partial charge on any atom is 0.120 e. The van der Waals surface area contributed by atoms with Crippen LogP contribution in [0.1, 0.15) is 37.6 Å². The minimum absolute atomic E-state index is 0.179. The van der Waals surface area contributed by atoms with Crippen LogP contribution in [0, 0.1) is 5.41 Å². The highest BCUT2D eigenvalue weighted by Gasteiger charge is 2.28. The number of alkyl halides is 1. The molecular formula is C13H18BrClO. The van der Waals surface area contributed by atoms with Gasteiger partial charge >= 0.3 is 0 Å². The summed E-state index contributed by atoms with van der Waals surface area (Å²) >= 11 is 10.00. The van der Waals surface area contributed by atoms with E-state index in [0.717, 1.165) is 22.8 Å². The minimum atomic E-state index is 0.179. The third kappa shape index (κ3) is 2.92. The molecule has 0 aromatic heterocycles. The molecule has 0 amide bonds. The van der Waals surface area contributed by atoms with Crippen molar-refractivity contribution in [3.05, 3.63) is 28.8 Å².